The normalized spacial score (nSPS) is 13.4. The van der Waals surface area contributed by atoms with E-state index in [1.165, 1.54) is 6.92 Å². The van der Waals surface area contributed by atoms with E-state index in [1.54, 1.807) is 16.9 Å². The zero-order valence-corrected chi connectivity index (χ0v) is 13.1. The van der Waals surface area contributed by atoms with E-state index < -0.39 is 22.0 Å². The van der Waals surface area contributed by atoms with Crippen LogP contribution in [0.3, 0.4) is 0 Å². The third-order valence-electron chi connectivity index (χ3n) is 2.61. The Bertz CT molecular complexity index is 551. The van der Waals surface area contributed by atoms with Gasteiger partial charge < -0.3 is 5.32 Å². The summed E-state index contributed by atoms with van der Waals surface area (Å²) in [5, 5.41) is 6.78. The Hall–Kier alpha value is -1.41. The standard InChI is InChI=1S/C12H22N4O3S/c1-9(2)5-7-16-8-6-11(14-16)13-12(17)10(3)15-20(4,18)19/h6,8-10,15H,5,7H2,1-4H3,(H,13,14,17). The fourth-order valence-electron chi connectivity index (χ4n) is 1.55. The number of rotatable bonds is 7. The molecule has 1 aromatic heterocycles. The van der Waals surface area contributed by atoms with Gasteiger partial charge in [0.05, 0.1) is 12.3 Å². The molecule has 20 heavy (non-hydrogen) atoms. The van der Waals surface area contributed by atoms with Gasteiger partial charge in [-0.1, -0.05) is 13.8 Å². The van der Waals surface area contributed by atoms with E-state index in [2.05, 4.69) is 29.0 Å². The van der Waals surface area contributed by atoms with Crippen LogP contribution in [-0.4, -0.2) is 36.4 Å². The van der Waals surface area contributed by atoms with E-state index in [1.807, 2.05) is 0 Å². The molecule has 114 valence electrons. The van der Waals surface area contributed by atoms with Crippen LogP contribution in [0.25, 0.3) is 0 Å². The van der Waals surface area contributed by atoms with Gasteiger partial charge in [-0.3, -0.25) is 9.48 Å². The number of hydrogen-bond donors (Lipinski definition) is 2. The van der Waals surface area contributed by atoms with Crippen molar-refractivity contribution in [2.75, 3.05) is 11.6 Å². The lowest BCUT2D eigenvalue weighted by atomic mass is 10.1. The topological polar surface area (TPSA) is 93.1 Å². The van der Waals surface area contributed by atoms with Gasteiger partial charge in [0.1, 0.15) is 0 Å². The molecule has 0 aromatic carbocycles. The summed E-state index contributed by atoms with van der Waals surface area (Å²) in [7, 11) is -3.41. The number of amides is 1. The van der Waals surface area contributed by atoms with E-state index in [4.69, 9.17) is 0 Å². The Kier molecular flexibility index (Phi) is 5.70. The molecule has 0 fully saturated rings. The average Bonchev–Trinajstić information content (AvgIpc) is 2.71. The summed E-state index contributed by atoms with van der Waals surface area (Å²) in [6.07, 6.45) is 3.80. The van der Waals surface area contributed by atoms with Gasteiger partial charge >= 0.3 is 0 Å². The van der Waals surface area contributed by atoms with Gasteiger partial charge in [0, 0.05) is 18.8 Å². The van der Waals surface area contributed by atoms with Crippen LogP contribution >= 0.6 is 0 Å². The number of carbonyl (C=O) groups excluding carboxylic acids is 1. The lowest BCUT2D eigenvalue weighted by Crippen LogP contribution is -2.41. The van der Waals surface area contributed by atoms with Gasteiger partial charge in [-0.25, -0.2) is 13.1 Å². The summed E-state index contributed by atoms with van der Waals surface area (Å²) in [5.41, 5.74) is 0. The number of sulfonamides is 1. The van der Waals surface area contributed by atoms with Gasteiger partial charge in [0.15, 0.2) is 5.82 Å². The molecule has 0 spiro atoms. The molecule has 1 aromatic rings. The van der Waals surface area contributed by atoms with Crippen LogP contribution in [0, 0.1) is 5.92 Å². The molecule has 2 N–H and O–H groups in total. The van der Waals surface area contributed by atoms with E-state index in [0.717, 1.165) is 19.2 Å². The second kappa shape index (κ2) is 6.85. The van der Waals surface area contributed by atoms with Gasteiger partial charge in [0.2, 0.25) is 15.9 Å². The fourth-order valence-corrected chi connectivity index (χ4v) is 2.30. The number of carbonyl (C=O) groups is 1. The van der Waals surface area contributed by atoms with Crippen LogP contribution in [-0.2, 0) is 21.4 Å². The minimum Gasteiger partial charge on any atom is -0.308 e. The molecule has 0 radical (unpaired) electrons. The van der Waals surface area contributed by atoms with Crippen molar-refractivity contribution in [3.8, 4) is 0 Å². The van der Waals surface area contributed by atoms with E-state index >= 15 is 0 Å². The first-order valence-electron chi connectivity index (χ1n) is 6.49. The monoisotopic (exact) mass is 302 g/mol. The average molecular weight is 302 g/mol. The summed E-state index contributed by atoms with van der Waals surface area (Å²) in [6.45, 7) is 6.52. The number of hydrogen-bond acceptors (Lipinski definition) is 4. The zero-order chi connectivity index (χ0) is 15.3. The van der Waals surface area contributed by atoms with Crippen LogP contribution in [0.5, 0.6) is 0 Å². The predicted molar refractivity (Wildman–Crippen MR) is 77.8 cm³/mol. The minimum absolute atomic E-state index is 0.418. The predicted octanol–water partition coefficient (Wildman–Crippen LogP) is 0.805. The summed E-state index contributed by atoms with van der Waals surface area (Å²) >= 11 is 0. The summed E-state index contributed by atoms with van der Waals surface area (Å²) < 4.78 is 26.0. The highest BCUT2D eigenvalue weighted by molar-refractivity contribution is 7.88. The van der Waals surface area contributed by atoms with Crippen molar-refractivity contribution in [2.24, 2.45) is 5.92 Å². The molecule has 0 saturated heterocycles. The van der Waals surface area contributed by atoms with Crippen molar-refractivity contribution in [2.45, 2.75) is 39.8 Å². The molecule has 8 heteroatoms. The van der Waals surface area contributed by atoms with E-state index in [9.17, 15) is 13.2 Å². The maximum absolute atomic E-state index is 11.8. The Morgan fingerprint density at radius 1 is 1.40 bits per heavy atom. The molecule has 0 saturated carbocycles. The summed E-state index contributed by atoms with van der Waals surface area (Å²) in [4.78, 5) is 11.8. The molecule has 1 heterocycles. The Labute approximate surface area is 119 Å². The van der Waals surface area contributed by atoms with Crippen LogP contribution in [0.15, 0.2) is 12.3 Å². The fraction of sp³-hybridized carbons (Fsp3) is 0.667. The highest BCUT2D eigenvalue weighted by Gasteiger charge is 2.17. The first kappa shape index (κ1) is 16.6. The molecule has 1 rings (SSSR count). The molecule has 0 bridgehead atoms. The highest BCUT2D eigenvalue weighted by atomic mass is 32.2. The van der Waals surface area contributed by atoms with E-state index in [0.29, 0.717) is 11.7 Å². The lowest BCUT2D eigenvalue weighted by molar-refractivity contribution is -0.117. The van der Waals surface area contributed by atoms with Crippen LogP contribution < -0.4 is 10.0 Å². The second-order valence-corrected chi connectivity index (χ2v) is 7.03. The van der Waals surface area contributed by atoms with Crippen molar-refractivity contribution in [1.29, 1.82) is 0 Å². The number of aromatic nitrogens is 2. The van der Waals surface area contributed by atoms with Crippen molar-refractivity contribution in [1.82, 2.24) is 14.5 Å². The molecule has 7 nitrogen and oxygen atoms in total. The zero-order valence-electron chi connectivity index (χ0n) is 12.3. The smallest absolute Gasteiger partial charge is 0.243 e. The first-order valence-corrected chi connectivity index (χ1v) is 8.38. The molecular weight excluding hydrogens is 280 g/mol. The molecule has 1 unspecified atom stereocenters. The van der Waals surface area contributed by atoms with Crippen LogP contribution in [0.2, 0.25) is 0 Å². The molecular formula is C12H22N4O3S. The van der Waals surface area contributed by atoms with Crippen LogP contribution in [0.4, 0.5) is 5.82 Å². The van der Waals surface area contributed by atoms with Gasteiger partial charge in [-0.05, 0) is 19.3 Å². The maximum atomic E-state index is 11.8. The van der Waals surface area contributed by atoms with Crippen molar-refractivity contribution in [3.05, 3.63) is 12.3 Å². The molecule has 0 aliphatic heterocycles. The number of nitrogens with one attached hydrogen (secondary N) is 2. The van der Waals surface area contributed by atoms with Gasteiger partial charge in [-0.2, -0.15) is 5.10 Å². The quantitative estimate of drug-likeness (QED) is 0.779. The number of aryl methyl sites for hydroxylation is 1. The largest absolute Gasteiger partial charge is 0.308 e. The van der Waals surface area contributed by atoms with Crippen molar-refractivity contribution in [3.63, 3.8) is 0 Å². The molecule has 0 aliphatic carbocycles. The number of anilines is 1. The Morgan fingerprint density at radius 3 is 2.60 bits per heavy atom. The van der Waals surface area contributed by atoms with Crippen LogP contribution in [0.1, 0.15) is 27.2 Å². The SMILES string of the molecule is CC(C)CCn1ccc(NC(=O)C(C)NS(C)(=O)=O)n1. The second-order valence-electron chi connectivity index (χ2n) is 5.25. The van der Waals surface area contributed by atoms with Gasteiger partial charge in [-0.15, -0.1) is 0 Å². The summed E-state index contributed by atoms with van der Waals surface area (Å²) in [6, 6.07) is 0.844. The maximum Gasteiger partial charge on any atom is 0.243 e. The highest BCUT2D eigenvalue weighted by Crippen LogP contribution is 2.06. The molecule has 1 amide bonds. The minimum atomic E-state index is -3.41. The Balaban J connectivity index is 2.54. The first-order chi connectivity index (χ1) is 9.17. The Morgan fingerprint density at radius 2 is 2.05 bits per heavy atom. The van der Waals surface area contributed by atoms with Gasteiger partial charge in [0.25, 0.3) is 0 Å². The third kappa shape index (κ3) is 6.16. The lowest BCUT2D eigenvalue weighted by Gasteiger charge is -2.11. The third-order valence-corrected chi connectivity index (χ3v) is 3.39. The number of nitrogens with zero attached hydrogens (tertiary/aromatic N) is 2. The van der Waals surface area contributed by atoms with Crippen molar-refractivity contribution < 1.29 is 13.2 Å². The molecule has 1 atom stereocenters. The van der Waals surface area contributed by atoms with Crippen molar-refractivity contribution >= 4 is 21.7 Å². The molecule has 0 aliphatic rings. The summed E-state index contributed by atoms with van der Waals surface area (Å²) in [5.74, 6) is 0.557. The van der Waals surface area contributed by atoms with E-state index in [-0.39, 0.29) is 0 Å².